The van der Waals surface area contributed by atoms with Crippen molar-refractivity contribution in [1.29, 1.82) is 0 Å². The van der Waals surface area contributed by atoms with E-state index in [1.807, 2.05) is 4.98 Å². The van der Waals surface area contributed by atoms with Crippen LogP contribution >= 0.6 is 15.6 Å². The molecule has 0 bridgehead atoms. The van der Waals surface area contributed by atoms with Gasteiger partial charge in [-0.1, -0.05) is 0 Å². The summed E-state index contributed by atoms with van der Waals surface area (Å²) in [5.74, 6) is 0.188. The van der Waals surface area contributed by atoms with Crippen molar-refractivity contribution in [3.05, 3.63) is 62.9 Å². The zero-order valence-electron chi connectivity index (χ0n) is 24.0. The van der Waals surface area contributed by atoms with Gasteiger partial charge in [0.2, 0.25) is 0 Å². The number of hydrogen-bond donors (Lipinski definition) is 6. The second kappa shape index (κ2) is 17.3. The van der Waals surface area contributed by atoms with Gasteiger partial charge >= 0.3 is 64.8 Å². The molecule has 2 aliphatic rings. The van der Waals surface area contributed by atoms with Gasteiger partial charge in [0.25, 0.3) is 21.2 Å². The SMILES string of the molecule is O=Cc1ccc(OC[C@H]2OC(OP(=O)([O-])OP(=O)([O-])OC[C@H]3O[C@@H](n4ccc(=O)[nH]c4=O)[C@H](O)[C@@H]3O)[C@H](O)[C@@H](O)[C@H]2O)cc1.[Na+].[Na+]. The summed E-state index contributed by atoms with van der Waals surface area (Å²) >= 11 is 0. The molecule has 11 atom stereocenters. The molecule has 1 aromatic carbocycles. The average molecular weight is 714 g/mol. The minimum absolute atomic E-state index is 0. The third kappa shape index (κ3) is 10.4. The summed E-state index contributed by atoms with van der Waals surface area (Å²) in [4.78, 5) is 60.5. The molecular formula is C22H26N2Na2O18P2. The predicted molar refractivity (Wildman–Crippen MR) is 135 cm³/mol. The minimum atomic E-state index is -5.97. The molecule has 2 fully saturated rings. The molecule has 3 unspecified atom stereocenters. The number of aromatic amines is 1. The van der Waals surface area contributed by atoms with E-state index in [0.717, 1.165) is 12.3 Å². The number of ether oxygens (including phenoxy) is 3. The number of H-pyrrole nitrogens is 1. The number of aliphatic hydroxyl groups is 5. The van der Waals surface area contributed by atoms with Crippen molar-refractivity contribution in [2.45, 2.75) is 55.2 Å². The molecule has 6 N–H and O–H groups in total. The topological polar surface area (TPSA) is 309 Å². The number of aldehydes is 1. The summed E-state index contributed by atoms with van der Waals surface area (Å²) in [5.41, 5.74) is -1.46. The Morgan fingerprint density at radius 2 is 1.46 bits per heavy atom. The molecule has 1 aromatic heterocycles. The Kier molecular flexibility index (Phi) is 15.6. The number of nitrogens with one attached hydrogen (secondary N) is 1. The standard InChI is InChI=1S/C22H28N2O18P2.2Na/c25-7-10-1-3-11(4-2-10)37-8-12-15(27)17(29)19(31)21(40-12)41-44(35,36)42-43(33,34)38-9-13-16(28)18(30)20(39-13)24-6-5-14(26)23-22(24)32;;/h1-7,12-13,15-21,27-31H,8-9H2,(H,33,34)(H,35,36)(H,23,26,32);;/q;2*+1/p-2/t12-,13-,15+,16-,17+,18-,19-,20-,21?;;/m1../s1. The van der Waals surface area contributed by atoms with E-state index in [0.29, 0.717) is 16.4 Å². The quantitative estimate of drug-likeness (QED) is 0.0675. The molecule has 2 saturated heterocycles. The van der Waals surface area contributed by atoms with E-state index in [2.05, 4.69) is 13.4 Å². The number of benzene rings is 1. The van der Waals surface area contributed by atoms with Crippen molar-refractivity contribution < 1.29 is 136 Å². The van der Waals surface area contributed by atoms with Crippen molar-refractivity contribution in [3.8, 4) is 5.75 Å². The van der Waals surface area contributed by atoms with E-state index in [1.54, 1.807) is 0 Å². The zero-order valence-corrected chi connectivity index (χ0v) is 29.8. The Bertz CT molecular complexity index is 1530. The van der Waals surface area contributed by atoms with Gasteiger partial charge in [-0.2, -0.15) is 0 Å². The van der Waals surface area contributed by atoms with E-state index in [9.17, 15) is 58.8 Å². The van der Waals surface area contributed by atoms with Gasteiger partial charge in [0, 0.05) is 17.8 Å². The Morgan fingerprint density at radius 3 is 2.07 bits per heavy atom. The Morgan fingerprint density at radius 1 is 0.848 bits per heavy atom. The fraction of sp³-hybridized carbons (Fsp3) is 0.500. The largest absolute Gasteiger partial charge is 1.00 e. The minimum Gasteiger partial charge on any atom is -0.756 e. The van der Waals surface area contributed by atoms with Gasteiger partial charge in [-0.05, 0) is 24.3 Å². The van der Waals surface area contributed by atoms with Crippen molar-refractivity contribution in [3.63, 3.8) is 0 Å². The van der Waals surface area contributed by atoms with Gasteiger partial charge in [-0.3, -0.25) is 32.8 Å². The van der Waals surface area contributed by atoms with Gasteiger partial charge in [0.05, 0.1) is 6.61 Å². The maximum absolute atomic E-state index is 12.4. The van der Waals surface area contributed by atoms with Crippen LogP contribution in [-0.2, 0) is 32.0 Å². The number of carbonyl (C=O) groups excluding carboxylic acids is 1. The third-order valence-corrected chi connectivity index (χ3v) is 8.92. The van der Waals surface area contributed by atoms with Crippen LogP contribution in [0, 0.1) is 0 Å². The number of phosphoric ester groups is 2. The van der Waals surface area contributed by atoms with Crippen LogP contribution in [-0.4, -0.2) is 104 Å². The summed E-state index contributed by atoms with van der Waals surface area (Å²) in [5, 5.41) is 50.9. The van der Waals surface area contributed by atoms with Gasteiger partial charge in [-0.15, -0.1) is 0 Å². The molecule has 0 saturated carbocycles. The van der Waals surface area contributed by atoms with Crippen LogP contribution in [0.2, 0.25) is 0 Å². The van der Waals surface area contributed by atoms with Gasteiger partial charge in [-0.25, -0.2) is 9.11 Å². The summed E-state index contributed by atoms with van der Waals surface area (Å²) in [6, 6.07) is 6.52. The first kappa shape index (κ1) is 41.5. The first-order valence-corrected chi connectivity index (χ1v) is 15.4. The van der Waals surface area contributed by atoms with Crippen LogP contribution in [0.25, 0.3) is 0 Å². The number of aliphatic hydroxyl groups excluding tert-OH is 5. The summed E-state index contributed by atoms with van der Waals surface area (Å²) in [6.45, 7) is -1.66. The van der Waals surface area contributed by atoms with E-state index in [1.165, 1.54) is 24.3 Å². The number of aromatic nitrogens is 2. The fourth-order valence-electron chi connectivity index (χ4n) is 4.14. The van der Waals surface area contributed by atoms with Gasteiger partial charge in [0.15, 0.2) is 12.5 Å². The number of hydrogen-bond acceptors (Lipinski definition) is 18. The monoisotopic (exact) mass is 714 g/mol. The van der Waals surface area contributed by atoms with E-state index in [4.69, 9.17) is 14.2 Å². The molecule has 244 valence electrons. The molecule has 0 amide bonds. The third-order valence-electron chi connectivity index (χ3n) is 6.39. The Balaban J connectivity index is 0.00000368. The molecule has 20 nitrogen and oxygen atoms in total. The second-order valence-electron chi connectivity index (χ2n) is 9.45. The van der Waals surface area contributed by atoms with E-state index < -0.39 is 95.4 Å². The van der Waals surface area contributed by atoms with Crippen molar-refractivity contribution >= 4 is 21.9 Å². The molecule has 2 aromatic rings. The number of rotatable bonds is 12. The summed E-state index contributed by atoms with van der Waals surface area (Å²) < 4.78 is 53.9. The van der Waals surface area contributed by atoms with Gasteiger partial charge in [0.1, 0.15) is 61.4 Å². The zero-order chi connectivity index (χ0) is 32.4. The molecule has 24 heteroatoms. The van der Waals surface area contributed by atoms with E-state index in [-0.39, 0.29) is 64.9 Å². The Labute approximate surface area is 302 Å². The summed E-state index contributed by atoms with van der Waals surface area (Å²) in [7, 11) is -11.8. The summed E-state index contributed by atoms with van der Waals surface area (Å²) in [6.07, 6.45) is -15.3. The van der Waals surface area contributed by atoms with Crippen molar-refractivity contribution in [2.24, 2.45) is 0 Å². The fourth-order valence-corrected chi connectivity index (χ4v) is 6.22. The van der Waals surface area contributed by atoms with Crippen LogP contribution in [0.3, 0.4) is 0 Å². The van der Waals surface area contributed by atoms with Crippen LogP contribution in [0.15, 0.2) is 46.1 Å². The maximum atomic E-state index is 12.4. The molecule has 0 spiro atoms. The van der Waals surface area contributed by atoms with Crippen molar-refractivity contribution in [1.82, 2.24) is 9.55 Å². The Hall–Kier alpha value is -0.650. The van der Waals surface area contributed by atoms with Crippen LogP contribution in [0.5, 0.6) is 5.75 Å². The van der Waals surface area contributed by atoms with Gasteiger partial charge < -0.3 is 54.1 Å². The molecule has 4 rings (SSSR count). The first-order valence-electron chi connectivity index (χ1n) is 12.5. The number of nitrogens with zero attached hydrogens (tertiary/aromatic N) is 1. The normalized spacial score (nSPS) is 31.8. The maximum Gasteiger partial charge on any atom is 1.00 e. The molecule has 46 heavy (non-hydrogen) atoms. The average Bonchev–Trinajstić information content (AvgIpc) is 3.24. The predicted octanol–water partition coefficient (Wildman–Crippen LogP) is -10.2. The number of phosphoric acid groups is 2. The second-order valence-corrected chi connectivity index (χ2v) is 12.4. The van der Waals surface area contributed by atoms with Crippen LogP contribution in [0.4, 0.5) is 0 Å². The van der Waals surface area contributed by atoms with Crippen LogP contribution in [0.1, 0.15) is 16.6 Å². The van der Waals surface area contributed by atoms with Crippen LogP contribution < -0.4 is 84.9 Å². The molecular weight excluding hydrogens is 688 g/mol. The molecule has 0 aliphatic carbocycles. The molecule has 3 heterocycles. The number of carbonyl (C=O) groups is 1. The first-order chi connectivity index (χ1) is 20.6. The molecule has 0 radical (unpaired) electrons. The molecule has 2 aliphatic heterocycles. The smallest absolute Gasteiger partial charge is 0.756 e. The van der Waals surface area contributed by atoms with E-state index >= 15 is 0 Å². The van der Waals surface area contributed by atoms with Crippen molar-refractivity contribution in [2.75, 3.05) is 13.2 Å².